The number of aromatic amines is 1. The van der Waals surface area contributed by atoms with Crippen molar-refractivity contribution in [3.63, 3.8) is 0 Å². The Balaban J connectivity index is 1.70. The Hall–Kier alpha value is -2.95. The molecule has 0 unspecified atom stereocenters. The highest BCUT2D eigenvalue weighted by Gasteiger charge is 2.22. The zero-order valence-electron chi connectivity index (χ0n) is 13.8. The first-order valence-electron chi connectivity index (χ1n) is 8.60. The van der Waals surface area contributed by atoms with Gasteiger partial charge in [-0.3, -0.25) is 9.59 Å². The van der Waals surface area contributed by atoms with Crippen LogP contribution >= 0.6 is 0 Å². The molecule has 1 aromatic heterocycles. The molecule has 1 amide bonds. The fourth-order valence-corrected chi connectivity index (χ4v) is 3.59. The van der Waals surface area contributed by atoms with Gasteiger partial charge in [0.1, 0.15) is 0 Å². The van der Waals surface area contributed by atoms with Crippen LogP contribution in [0.2, 0.25) is 0 Å². The third kappa shape index (κ3) is 2.93. The normalized spacial score (nSPS) is 16.9. The van der Waals surface area contributed by atoms with Crippen molar-refractivity contribution < 1.29 is 4.79 Å². The number of nitrogens with one attached hydrogen (secondary N) is 2. The number of hydrogen-bond donors (Lipinski definition) is 2. The van der Waals surface area contributed by atoms with E-state index in [1.54, 1.807) is 24.3 Å². The summed E-state index contributed by atoms with van der Waals surface area (Å²) in [6.07, 6.45) is 4.15. The van der Waals surface area contributed by atoms with Gasteiger partial charge in [-0.2, -0.15) is 5.10 Å². The second-order valence-corrected chi connectivity index (χ2v) is 6.42. The number of hydrogen-bond acceptors (Lipinski definition) is 3. The predicted octanol–water partition coefficient (Wildman–Crippen LogP) is 3.12. The minimum absolute atomic E-state index is 0.0290. The molecule has 0 bridgehead atoms. The van der Waals surface area contributed by atoms with Gasteiger partial charge in [0.15, 0.2) is 5.69 Å². The van der Waals surface area contributed by atoms with Crippen LogP contribution in [0.1, 0.15) is 46.9 Å². The first kappa shape index (κ1) is 15.6. The smallest absolute Gasteiger partial charge is 0.272 e. The molecule has 2 aromatic carbocycles. The first-order valence-corrected chi connectivity index (χ1v) is 8.60. The number of amides is 1. The van der Waals surface area contributed by atoms with Gasteiger partial charge in [0.25, 0.3) is 11.5 Å². The van der Waals surface area contributed by atoms with E-state index in [1.165, 1.54) is 11.1 Å². The second kappa shape index (κ2) is 6.51. The minimum atomic E-state index is -0.285. The number of H-pyrrole nitrogens is 1. The Bertz CT molecular complexity index is 993. The van der Waals surface area contributed by atoms with Crippen molar-refractivity contribution in [3.8, 4) is 0 Å². The van der Waals surface area contributed by atoms with Crippen LogP contribution in [-0.2, 0) is 6.42 Å². The Morgan fingerprint density at radius 1 is 1.04 bits per heavy atom. The predicted molar refractivity (Wildman–Crippen MR) is 96.6 cm³/mol. The number of nitrogens with zero attached hydrogens (tertiary/aromatic N) is 1. The van der Waals surface area contributed by atoms with Crippen molar-refractivity contribution in [1.29, 1.82) is 0 Å². The summed E-state index contributed by atoms with van der Waals surface area (Å²) in [5.41, 5.74) is 2.45. The van der Waals surface area contributed by atoms with Gasteiger partial charge in [-0.15, -0.1) is 0 Å². The lowest BCUT2D eigenvalue weighted by Crippen LogP contribution is -2.30. The summed E-state index contributed by atoms with van der Waals surface area (Å²) in [7, 11) is 0. The highest BCUT2D eigenvalue weighted by molar-refractivity contribution is 6.04. The maximum atomic E-state index is 12.9. The van der Waals surface area contributed by atoms with Crippen molar-refractivity contribution in [1.82, 2.24) is 15.5 Å². The molecule has 0 spiro atoms. The number of benzene rings is 2. The molecule has 1 aliphatic carbocycles. The average Bonchev–Trinajstić information content (AvgIpc) is 2.85. The van der Waals surface area contributed by atoms with E-state index in [4.69, 9.17) is 0 Å². The molecule has 0 fully saturated rings. The minimum Gasteiger partial charge on any atom is -0.344 e. The third-order valence-electron chi connectivity index (χ3n) is 4.84. The number of carbonyl (C=O) groups is 1. The molecule has 5 nitrogen and oxygen atoms in total. The van der Waals surface area contributed by atoms with Gasteiger partial charge in [-0.25, -0.2) is 5.10 Å². The monoisotopic (exact) mass is 333 g/mol. The quantitative estimate of drug-likeness (QED) is 0.708. The molecule has 1 atom stereocenters. The maximum absolute atomic E-state index is 12.9. The van der Waals surface area contributed by atoms with E-state index < -0.39 is 0 Å². The Morgan fingerprint density at radius 2 is 1.80 bits per heavy atom. The lowest BCUT2D eigenvalue weighted by Gasteiger charge is -2.19. The van der Waals surface area contributed by atoms with Gasteiger partial charge >= 0.3 is 0 Å². The molecule has 126 valence electrons. The number of carbonyl (C=O) groups excluding carboxylic acids is 1. The lowest BCUT2D eigenvalue weighted by atomic mass is 9.99. The fourth-order valence-electron chi connectivity index (χ4n) is 3.59. The summed E-state index contributed by atoms with van der Waals surface area (Å²) >= 11 is 0. The number of rotatable bonds is 2. The average molecular weight is 333 g/mol. The van der Waals surface area contributed by atoms with Crippen molar-refractivity contribution in [2.45, 2.75) is 31.7 Å². The van der Waals surface area contributed by atoms with Crippen molar-refractivity contribution in [3.05, 3.63) is 75.7 Å². The number of aromatic nitrogens is 2. The van der Waals surface area contributed by atoms with Crippen LogP contribution in [-0.4, -0.2) is 16.1 Å². The van der Waals surface area contributed by atoms with Crippen LogP contribution in [0, 0.1) is 0 Å². The molecular formula is C20H19N3O2. The van der Waals surface area contributed by atoms with E-state index in [0.29, 0.717) is 10.8 Å². The van der Waals surface area contributed by atoms with Crippen LogP contribution in [0.5, 0.6) is 0 Å². The summed E-state index contributed by atoms with van der Waals surface area (Å²) in [5, 5.41) is 10.6. The summed E-state index contributed by atoms with van der Waals surface area (Å²) in [5.74, 6) is -0.255. The lowest BCUT2D eigenvalue weighted by molar-refractivity contribution is 0.0930. The Morgan fingerprint density at radius 3 is 2.68 bits per heavy atom. The van der Waals surface area contributed by atoms with Crippen molar-refractivity contribution in [2.24, 2.45) is 0 Å². The topological polar surface area (TPSA) is 74.8 Å². The van der Waals surface area contributed by atoms with Gasteiger partial charge in [0, 0.05) is 5.39 Å². The molecule has 25 heavy (non-hydrogen) atoms. The molecule has 0 saturated carbocycles. The molecular weight excluding hydrogens is 314 g/mol. The molecule has 0 saturated heterocycles. The van der Waals surface area contributed by atoms with Gasteiger partial charge in [-0.1, -0.05) is 48.9 Å². The zero-order chi connectivity index (χ0) is 17.2. The van der Waals surface area contributed by atoms with E-state index in [2.05, 4.69) is 27.6 Å². The summed E-state index contributed by atoms with van der Waals surface area (Å²) in [4.78, 5) is 24.8. The highest BCUT2D eigenvalue weighted by atomic mass is 16.2. The highest BCUT2D eigenvalue weighted by Crippen LogP contribution is 2.29. The van der Waals surface area contributed by atoms with E-state index in [9.17, 15) is 9.59 Å². The molecule has 0 aliphatic heterocycles. The molecule has 4 rings (SSSR count). The zero-order valence-corrected chi connectivity index (χ0v) is 13.8. The maximum Gasteiger partial charge on any atom is 0.272 e. The molecule has 1 aliphatic rings. The van der Waals surface area contributed by atoms with Gasteiger partial charge < -0.3 is 5.32 Å². The largest absolute Gasteiger partial charge is 0.344 e. The molecule has 5 heteroatoms. The van der Waals surface area contributed by atoms with Crippen LogP contribution in [0.25, 0.3) is 10.8 Å². The standard InChI is InChI=1S/C20H19N3O2/c24-19-16-11-5-4-10-15(16)18(22-23-19)20(25)21-17-12-6-2-8-13-7-1-3-9-14(13)17/h1,3-5,7,9-11,17H,2,6,8,12H2,(H,21,25)(H,23,24)/t17-/m0/s1. The molecule has 1 heterocycles. The SMILES string of the molecule is O=C(N[C@H]1CCCCc2ccccc21)c1n[nH]c(=O)c2ccccc12. The molecule has 3 aromatic rings. The third-order valence-corrected chi connectivity index (χ3v) is 4.84. The molecule has 2 N–H and O–H groups in total. The van der Waals surface area contributed by atoms with Crippen LogP contribution in [0.3, 0.4) is 0 Å². The first-order chi connectivity index (χ1) is 12.2. The second-order valence-electron chi connectivity index (χ2n) is 6.42. The van der Waals surface area contributed by atoms with Gasteiger partial charge in [0.2, 0.25) is 0 Å². The summed E-state index contributed by atoms with van der Waals surface area (Å²) in [6, 6.07) is 15.3. The van der Waals surface area contributed by atoms with E-state index >= 15 is 0 Å². The van der Waals surface area contributed by atoms with Crippen LogP contribution < -0.4 is 10.9 Å². The van der Waals surface area contributed by atoms with Gasteiger partial charge in [-0.05, 0) is 36.5 Å². The van der Waals surface area contributed by atoms with Crippen LogP contribution in [0.15, 0.2) is 53.3 Å². The number of fused-ring (bicyclic) bond motifs is 2. The van der Waals surface area contributed by atoms with E-state index in [1.807, 2.05) is 12.1 Å². The Kier molecular flexibility index (Phi) is 4.06. The fraction of sp³-hybridized carbons (Fsp3) is 0.250. The molecule has 0 radical (unpaired) electrons. The van der Waals surface area contributed by atoms with Gasteiger partial charge in [0.05, 0.1) is 11.4 Å². The van der Waals surface area contributed by atoms with E-state index in [0.717, 1.165) is 25.7 Å². The van der Waals surface area contributed by atoms with Crippen molar-refractivity contribution in [2.75, 3.05) is 0 Å². The Labute approximate surface area is 145 Å². The van der Waals surface area contributed by atoms with Crippen LogP contribution in [0.4, 0.5) is 0 Å². The number of aryl methyl sites for hydroxylation is 1. The van der Waals surface area contributed by atoms with Crippen molar-refractivity contribution >= 4 is 16.7 Å². The van der Waals surface area contributed by atoms with E-state index in [-0.39, 0.29) is 23.2 Å². The summed E-state index contributed by atoms with van der Waals surface area (Å²) in [6.45, 7) is 0. The summed E-state index contributed by atoms with van der Waals surface area (Å²) < 4.78 is 0.